The largest absolute Gasteiger partial charge is 0.416 e. The maximum absolute atomic E-state index is 12.9. The molecule has 0 N–H and O–H groups in total. The molecule has 0 amide bonds. The Balaban J connectivity index is 3.35. The SMILES string of the molecule is CN(CC#N)S(=O)(=O)Cc1ccc(C(F)(F)F)cc1C(F)(F)F. The van der Waals surface area contributed by atoms with Crippen LogP contribution in [0.1, 0.15) is 16.7 Å². The molecule has 0 saturated heterocycles. The molecule has 0 unspecified atom stereocenters. The van der Waals surface area contributed by atoms with Crippen LogP contribution >= 0.6 is 0 Å². The van der Waals surface area contributed by atoms with Gasteiger partial charge in [-0.25, -0.2) is 8.42 Å². The van der Waals surface area contributed by atoms with Crippen LogP contribution in [-0.2, 0) is 28.1 Å². The molecule has 1 aromatic carbocycles. The third-order valence-corrected chi connectivity index (χ3v) is 4.60. The second kappa shape index (κ2) is 6.37. The van der Waals surface area contributed by atoms with Crippen LogP contribution in [0.5, 0.6) is 0 Å². The summed E-state index contributed by atoms with van der Waals surface area (Å²) in [7, 11) is -3.29. The second-order valence-corrected chi connectivity index (χ2v) is 6.61. The molecule has 0 aromatic heterocycles. The maximum atomic E-state index is 12.9. The minimum atomic E-state index is -5.15. The predicted octanol–water partition coefficient (Wildman–Crippen LogP) is 3.01. The molecule has 0 atom stereocenters. The lowest BCUT2D eigenvalue weighted by Crippen LogP contribution is -2.29. The number of hydrogen-bond acceptors (Lipinski definition) is 3. The van der Waals surface area contributed by atoms with E-state index < -0.39 is 51.4 Å². The van der Waals surface area contributed by atoms with Crippen LogP contribution in [0.3, 0.4) is 0 Å². The first-order chi connectivity index (χ1) is 10.3. The number of sulfonamides is 1. The molecule has 0 fully saturated rings. The van der Waals surface area contributed by atoms with E-state index in [2.05, 4.69) is 0 Å². The van der Waals surface area contributed by atoms with Crippen LogP contribution in [0, 0.1) is 11.3 Å². The van der Waals surface area contributed by atoms with Gasteiger partial charge in [-0.1, -0.05) is 6.07 Å². The number of alkyl halides is 6. The fourth-order valence-corrected chi connectivity index (χ4v) is 2.77. The normalized spacial score (nSPS) is 13.2. The van der Waals surface area contributed by atoms with E-state index in [0.717, 1.165) is 7.05 Å². The van der Waals surface area contributed by atoms with Crippen LogP contribution in [0.4, 0.5) is 26.3 Å². The summed E-state index contributed by atoms with van der Waals surface area (Å²) in [4.78, 5) is 0. The molecule has 128 valence electrons. The highest BCUT2D eigenvalue weighted by atomic mass is 32.2. The van der Waals surface area contributed by atoms with E-state index in [1.165, 1.54) is 6.07 Å². The first-order valence-corrected chi connectivity index (χ1v) is 7.48. The molecule has 23 heavy (non-hydrogen) atoms. The minimum absolute atomic E-state index is 0.130. The van der Waals surface area contributed by atoms with Gasteiger partial charge in [0.25, 0.3) is 0 Å². The van der Waals surface area contributed by atoms with Crippen molar-refractivity contribution >= 4 is 10.0 Å². The van der Waals surface area contributed by atoms with Crippen molar-refractivity contribution in [3.05, 3.63) is 34.9 Å². The topological polar surface area (TPSA) is 61.2 Å². The first kappa shape index (κ1) is 19.2. The molecule has 1 rings (SSSR count). The first-order valence-electron chi connectivity index (χ1n) is 5.87. The molecule has 0 spiro atoms. The number of hydrogen-bond donors (Lipinski definition) is 0. The Labute approximate surface area is 128 Å². The summed E-state index contributed by atoms with van der Waals surface area (Å²) in [6.45, 7) is -0.593. The van der Waals surface area contributed by atoms with Gasteiger partial charge in [-0.2, -0.15) is 35.9 Å². The van der Waals surface area contributed by atoms with Gasteiger partial charge in [0.1, 0.15) is 6.54 Å². The summed E-state index contributed by atoms with van der Waals surface area (Å²) in [5.41, 5.74) is -4.03. The molecule has 0 aliphatic heterocycles. The van der Waals surface area contributed by atoms with Crippen molar-refractivity contribution in [1.82, 2.24) is 4.31 Å². The summed E-state index contributed by atoms with van der Waals surface area (Å²) in [6, 6.07) is 2.23. The number of rotatable bonds is 4. The molecule has 0 radical (unpaired) electrons. The lowest BCUT2D eigenvalue weighted by Gasteiger charge is -2.18. The molecule has 11 heteroatoms. The zero-order valence-electron chi connectivity index (χ0n) is 11.5. The highest BCUT2D eigenvalue weighted by Gasteiger charge is 2.39. The van der Waals surface area contributed by atoms with E-state index in [1.54, 1.807) is 0 Å². The Morgan fingerprint density at radius 3 is 2.13 bits per heavy atom. The van der Waals surface area contributed by atoms with Gasteiger partial charge >= 0.3 is 12.4 Å². The van der Waals surface area contributed by atoms with Gasteiger partial charge in [-0.3, -0.25) is 0 Å². The zero-order chi connectivity index (χ0) is 18.1. The van der Waals surface area contributed by atoms with Gasteiger partial charge in [0.05, 0.1) is 22.9 Å². The van der Waals surface area contributed by atoms with Gasteiger partial charge in [0, 0.05) is 7.05 Å². The van der Waals surface area contributed by atoms with Gasteiger partial charge in [0.15, 0.2) is 0 Å². The molecule has 1 aromatic rings. The van der Waals surface area contributed by atoms with E-state index >= 15 is 0 Å². The molecule has 0 aliphatic carbocycles. The van der Waals surface area contributed by atoms with Gasteiger partial charge in [0.2, 0.25) is 10.0 Å². The summed E-state index contributed by atoms with van der Waals surface area (Å²) < 4.78 is 101. The van der Waals surface area contributed by atoms with Gasteiger partial charge in [-0.15, -0.1) is 0 Å². The van der Waals surface area contributed by atoms with Crippen molar-refractivity contribution < 1.29 is 34.8 Å². The fraction of sp³-hybridized carbons (Fsp3) is 0.417. The number of halogens is 6. The van der Waals surface area contributed by atoms with Crippen LogP contribution in [0.25, 0.3) is 0 Å². The van der Waals surface area contributed by atoms with E-state index in [9.17, 15) is 34.8 Å². The molecule has 0 bridgehead atoms. The van der Waals surface area contributed by atoms with Crippen molar-refractivity contribution in [2.24, 2.45) is 0 Å². The molecule has 0 saturated carbocycles. The van der Waals surface area contributed by atoms with E-state index in [4.69, 9.17) is 5.26 Å². The average molecular weight is 360 g/mol. The van der Waals surface area contributed by atoms with E-state index in [1.807, 2.05) is 0 Å². The lowest BCUT2D eigenvalue weighted by atomic mass is 10.0. The molecular formula is C12H10F6N2O2S. The molecule has 0 heterocycles. The van der Waals surface area contributed by atoms with Gasteiger partial charge in [-0.05, 0) is 17.7 Å². The van der Waals surface area contributed by atoms with Crippen molar-refractivity contribution in [1.29, 1.82) is 5.26 Å². The molecular weight excluding hydrogens is 350 g/mol. The zero-order valence-corrected chi connectivity index (χ0v) is 12.3. The Kier molecular flexibility index (Phi) is 5.33. The van der Waals surface area contributed by atoms with Crippen molar-refractivity contribution in [3.8, 4) is 6.07 Å². The third kappa shape index (κ3) is 4.84. The number of nitriles is 1. The van der Waals surface area contributed by atoms with Crippen molar-refractivity contribution in [2.75, 3.05) is 13.6 Å². The third-order valence-electron chi connectivity index (χ3n) is 2.85. The summed E-state index contributed by atoms with van der Waals surface area (Å²) in [6.07, 6.45) is -10.1. The summed E-state index contributed by atoms with van der Waals surface area (Å²) in [5.74, 6) is -1.17. The van der Waals surface area contributed by atoms with Crippen LogP contribution in [0.2, 0.25) is 0 Å². The highest BCUT2D eigenvalue weighted by Crippen LogP contribution is 2.37. The quantitative estimate of drug-likeness (QED) is 0.613. The minimum Gasteiger partial charge on any atom is -0.212 e. The Morgan fingerprint density at radius 1 is 1.13 bits per heavy atom. The van der Waals surface area contributed by atoms with E-state index in [0.29, 0.717) is 16.4 Å². The average Bonchev–Trinajstić information content (AvgIpc) is 2.36. The van der Waals surface area contributed by atoms with Crippen LogP contribution in [0.15, 0.2) is 18.2 Å². The lowest BCUT2D eigenvalue weighted by molar-refractivity contribution is -0.143. The number of nitrogens with zero attached hydrogens (tertiary/aromatic N) is 2. The standard InChI is InChI=1S/C12H10F6N2O2S/c1-20(5-4-19)23(21,22)7-8-2-3-9(11(13,14)15)6-10(8)12(16,17)18/h2-3,6H,5,7H2,1H3. The van der Waals surface area contributed by atoms with Crippen LogP contribution < -0.4 is 0 Å². The van der Waals surface area contributed by atoms with Crippen molar-refractivity contribution in [2.45, 2.75) is 18.1 Å². The van der Waals surface area contributed by atoms with E-state index in [-0.39, 0.29) is 6.07 Å². The molecule has 0 aliphatic rings. The van der Waals surface area contributed by atoms with Crippen LogP contribution in [-0.4, -0.2) is 26.3 Å². The highest BCUT2D eigenvalue weighted by molar-refractivity contribution is 7.88. The predicted molar refractivity (Wildman–Crippen MR) is 67.3 cm³/mol. The maximum Gasteiger partial charge on any atom is 0.416 e. The number of benzene rings is 1. The summed E-state index contributed by atoms with van der Waals surface area (Å²) >= 11 is 0. The fourth-order valence-electron chi connectivity index (χ4n) is 1.65. The van der Waals surface area contributed by atoms with Crippen molar-refractivity contribution in [3.63, 3.8) is 0 Å². The van der Waals surface area contributed by atoms with Gasteiger partial charge < -0.3 is 0 Å². The monoisotopic (exact) mass is 360 g/mol. The summed E-state index contributed by atoms with van der Waals surface area (Å²) in [5, 5.41) is 8.41. The Hall–Kier alpha value is -1.80. The second-order valence-electron chi connectivity index (χ2n) is 4.54. The molecule has 4 nitrogen and oxygen atoms in total. The Bertz CT molecular complexity index is 719. The Morgan fingerprint density at radius 2 is 1.70 bits per heavy atom. The smallest absolute Gasteiger partial charge is 0.212 e.